The van der Waals surface area contributed by atoms with Crippen LogP contribution >= 0.6 is 23.5 Å². The molecule has 0 spiro atoms. The summed E-state index contributed by atoms with van der Waals surface area (Å²) in [6, 6.07) is 13.7. The lowest BCUT2D eigenvalue weighted by atomic mass is 10.2. The highest BCUT2D eigenvalue weighted by Gasteiger charge is 2.18. The first-order valence-electron chi connectivity index (χ1n) is 8.39. The second-order valence-corrected chi connectivity index (χ2v) is 8.62. The van der Waals surface area contributed by atoms with Crippen molar-refractivity contribution in [1.82, 2.24) is 5.32 Å². The second kappa shape index (κ2) is 8.14. The molecule has 1 amide bonds. The molecule has 136 valence electrons. The van der Waals surface area contributed by atoms with Crippen LogP contribution in [0.1, 0.15) is 15.7 Å². The van der Waals surface area contributed by atoms with E-state index in [2.05, 4.69) is 17.4 Å². The first-order valence-corrected chi connectivity index (χ1v) is 10.5. The molecule has 2 heterocycles. The zero-order valence-electron chi connectivity index (χ0n) is 14.1. The van der Waals surface area contributed by atoms with Crippen LogP contribution in [0.4, 0.5) is 0 Å². The molecule has 7 heteroatoms. The summed E-state index contributed by atoms with van der Waals surface area (Å²) in [6.45, 7) is 0.667. The maximum absolute atomic E-state index is 12.0. The summed E-state index contributed by atoms with van der Waals surface area (Å²) in [4.78, 5) is 12.0. The summed E-state index contributed by atoms with van der Waals surface area (Å²) in [5, 5.41) is 2.85. The summed E-state index contributed by atoms with van der Waals surface area (Å²) < 4.78 is 16.7. The predicted octanol–water partition coefficient (Wildman–Crippen LogP) is 3.59. The first kappa shape index (κ1) is 17.4. The molecule has 1 fully saturated rings. The van der Waals surface area contributed by atoms with Crippen molar-refractivity contribution in [2.45, 2.75) is 11.1 Å². The lowest BCUT2D eigenvalue weighted by Crippen LogP contribution is -2.28. The number of benzene rings is 2. The van der Waals surface area contributed by atoms with Crippen molar-refractivity contribution in [3.63, 3.8) is 0 Å². The number of carbonyl (C=O) groups excluding carboxylic acids is 1. The van der Waals surface area contributed by atoms with Gasteiger partial charge in [-0.3, -0.25) is 4.79 Å². The van der Waals surface area contributed by atoms with Gasteiger partial charge in [0.25, 0.3) is 5.91 Å². The van der Waals surface area contributed by atoms with Crippen LogP contribution in [0.5, 0.6) is 17.2 Å². The molecule has 1 saturated heterocycles. The van der Waals surface area contributed by atoms with E-state index in [-0.39, 0.29) is 19.3 Å². The van der Waals surface area contributed by atoms with E-state index in [1.54, 1.807) is 0 Å². The van der Waals surface area contributed by atoms with E-state index in [1.165, 1.54) is 17.1 Å². The molecule has 2 aromatic rings. The molecule has 4 rings (SSSR count). The molecular formula is C19H19NO4S2. The number of fused-ring (bicyclic) bond motifs is 1. The van der Waals surface area contributed by atoms with Gasteiger partial charge >= 0.3 is 0 Å². The van der Waals surface area contributed by atoms with E-state index in [0.29, 0.717) is 22.6 Å². The fourth-order valence-electron chi connectivity index (χ4n) is 2.72. The largest absolute Gasteiger partial charge is 0.484 e. The van der Waals surface area contributed by atoms with Crippen molar-refractivity contribution in [1.29, 1.82) is 0 Å². The number of carbonyl (C=O) groups is 1. The van der Waals surface area contributed by atoms with Crippen molar-refractivity contribution >= 4 is 29.4 Å². The number of ether oxygens (including phenoxy) is 3. The quantitative estimate of drug-likeness (QED) is 0.815. The highest BCUT2D eigenvalue weighted by atomic mass is 32.2. The molecule has 2 aliphatic heterocycles. The van der Waals surface area contributed by atoms with E-state index in [9.17, 15) is 4.79 Å². The van der Waals surface area contributed by atoms with E-state index in [4.69, 9.17) is 14.2 Å². The molecular weight excluding hydrogens is 370 g/mol. The Balaban J connectivity index is 1.23. The zero-order chi connectivity index (χ0) is 17.8. The number of rotatable bonds is 6. The Hall–Kier alpha value is -1.99. The van der Waals surface area contributed by atoms with Gasteiger partial charge in [0.05, 0.1) is 4.58 Å². The molecule has 2 aromatic carbocycles. The average molecular weight is 389 g/mol. The number of thioether (sulfide) groups is 2. The summed E-state index contributed by atoms with van der Waals surface area (Å²) in [7, 11) is 0. The van der Waals surface area contributed by atoms with Gasteiger partial charge < -0.3 is 19.5 Å². The van der Waals surface area contributed by atoms with Crippen molar-refractivity contribution in [3.05, 3.63) is 53.6 Å². The smallest absolute Gasteiger partial charge is 0.258 e. The Morgan fingerprint density at radius 1 is 1.08 bits per heavy atom. The summed E-state index contributed by atoms with van der Waals surface area (Å²) >= 11 is 3.95. The van der Waals surface area contributed by atoms with Gasteiger partial charge in [0.15, 0.2) is 18.1 Å². The fourth-order valence-corrected chi connectivity index (χ4v) is 5.58. The van der Waals surface area contributed by atoms with Crippen LogP contribution in [-0.2, 0) is 11.3 Å². The lowest BCUT2D eigenvalue weighted by molar-refractivity contribution is -0.123. The van der Waals surface area contributed by atoms with E-state index >= 15 is 0 Å². The van der Waals surface area contributed by atoms with E-state index < -0.39 is 0 Å². The number of hydrogen-bond acceptors (Lipinski definition) is 6. The van der Waals surface area contributed by atoms with E-state index in [1.807, 2.05) is 53.9 Å². The van der Waals surface area contributed by atoms with Crippen LogP contribution in [0.15, 0.2) is 42.5 Å². The third-order valence-electron chi connectivity index (χ3n) is 4.07. The number of hydrogen-bond donors (Lipinski definition) is 1. The molecule has 0 aromatic heterocycles. The van der Waals surface area contributed by atoms with Gasteiger partial charge in [0, 0.05) is 18.1 Å². The van der Waals surface area contributed by atoms with Gasteiger partial charge in [-0.05, 0) is 35.4 Å². The summed E-state index contributed by atoms with van der Waals surface area (Å²) in [6.07, 6.45) is 0. The Bertz CT molecular complexity index is 776. The van der Waals surface area contributed by atoms with Gasteiger partial charge in [-0.25, -0.2) is 0 Å². The molecule has 2 aliphatic rings. The minimum Gasteiger partial charge on any atom is -0.484 e. The zero-order valence-corrected chi connectivity index (χ0v) is 15.7. The molecule has 0 atom stereocenters. The van der Waals surface area contributed by atoms with Crippen LogP contribution < -0.4 is 19.5 Å². The van der Waals surface area contributed by atoms with Gasteiger partial charge in [-0.2, -0.15) is 0 Å². The third-order valence-corrected chi connectivity index (χ3v) is 7.18. The normalized spacial score (nSPS) is 15.8. The molecule has 0 radical (unpaired) electrons. The van der Waals surface area contributed by atoms with Crippen molar-refractivity contribution in [3.8, 4) is 17.2 Å². The second-order valence-electron chi connectivity index (χ2n) is 5.90. The fraction of sp³-hybridized carbons (Fsp3) is 0.316. The predicted molar refractivity (Wildman–Crippen MR) is 104 cm³/mol. The maximum Gasteiger partial charge on any atom is 0.258 e. The molecule has 0 unspecified atom stereocenters. The molecule has 0 aliphatic carbocycles. The minimum absolute atomic E-state index is 0.00315. The monoisotopic (exact) mass is 389 g/mol. The van der Waals surface area contributed by atoms with Crippen LogP contribution in [0.25, 0.3) is 0 Å². The van der Waals surface area contributed by atoms with Crippen LogP contribution in [0.2, 0.25) is 0 Å². The molecule has 5 nitrogen and oxygen atoms in total. The number of nitrogens with one attached hydrogen (secondary N) is 1. The Labute approximate surface area is 160 Å². The SMILES string of the molecule is O=C(COc1ccc(C2SCCS2)cc1)NCc1ccc2c(c1)OCO2. The van der Waals surface area contributed by atoms with Gasteiger partial charge in [-0.1, -0.05) is 18.2 Å². The third kappa shape index (κ3) is 4.22. The maximum atomic E-state index is 12.0. The lowest BCUT2D eigenvalue weighted by Gasteiger charge is -2.11. The standard InChI is InChI=1S/C19H19NO4S2/c21-18(20-10-13-1-6-16-17(9-13)24-12-23-16)11-22-15-4-2-14(3-5-15)19-25-7-8-26-19/h1-6,9,19H,7-8,10-12H2,(H,20,21). The molecule has 0 saturated carbocycles. The molecule has 26 heavy (non-hydrogen) atoms. The highest BCUT2D eigenvalue weighted by molar-refractivity contribution is 8.19. The molecule has 1 N–H and O–H groups in total. The van der Waals surface area contributed by atoms with Crippen LogP contribution in [0.3, 0.4) is 0 Å². The average Bonchev–Trinajstić information content (AvgIpc) is 3.36. The van der Waals surface area contributed by atoms with Gasteiger partial charge in [0.1, 0.15) is 5.75 Å². The Kier molecular flexibility index (Phi) is 5.45. The Morgan fingerprint density at radius 3 is 2.65 bits per heavy atom. The summed E-state index contributed by atoms with van der Waals surface area (Å²) in [5.74, 6) is 4.41. The van der Waals surface area contributed by atoms with Crippen LogP contribution in [-0.4, -0.2) is 30.8 Å². The highest BCUT2D eigenvalue weighted by Crippen LogP contribution is 2.45. The minimum atomic E-state index is -0.159. The molecule has 0 bridgehead atoms. The van der Waals surface area contributed by atoms with Crippen LogP contribution in [0, 0.1) is 0 Å². The van der Waals surface area contributed by atoms with Crippen molar-refractivity contribution < 1.29 is 19.0 Å². The first-order chi connectivity index (χ1) is 12.8. The topological polar surface area (TPSA) is 56.8 Å². The van der Waals surface area contributed by atoms with Crippen molar-refractivity contribution in [2.75, 3.05) is 24.9 Å². The summed E-state index contributed by atoms with van der Waals surface area (Å²) in [5.41, 5.74) is 2.26. The van der Waals surface area contributed by atoms with Crippen molar-refractivity contribution in [2.24, 2.45) is 0 Å². The Morgan fingerprint density at radius 2 is 1.85 bits per heavy atom. The van der Waals surface area contributed by atoms with Gasteiger partial charge in [0.2, 0.25) is 6.79 Å². The van der Waals surface area contributed by atoms with E-state index in [0.717, 1.165) is 11.3 Å². The number of amides is 1. The van der Waals surface area contributed by atoms with Gasteiger partial charge in [-0.15, -0.1) is 23.5 Å².